The normalized spacial score (nSPS) is 10.0. The van der Waals surface area contributed by atoms with Crippen LogP contribution in [-0.2, 0) is 6.42 Å². The van der Waals surface area contributed by atoms with Gasteiger partial charge in [-0.3, -0.25) is 21.1 Å². The van der Waals surface area contributed by atoms with Crippen LogP contribution in [0.4, 0.5) is 0 Å². The fourth-order valence-corrected chi connectivity index (χ4v) is 2.84. The highest BCUT2D eigenvalue weighted by molar-refractivity contribution is 5.95. The number of carbonyl (C=O) groups is 1. The zero-order valence-corrected chi connectivity index (χ0v) is 16.8. The molecular weight excluding hydrogens is 348 g/mol. The average Bonchev–Trinajstić information content (AvgIpc) is 2.61. The van der Waals surface area contributed by atoms with E-state index in [-0.39, 0.29) is 24.3 Å². The third kappa shape index (κ3) is 11.7. The number of nitrogens with two attached hydrogens (primary N) is 1. The Labute approximate surface area is 164 Å². The lowest BCUT2D eigenvalue weighted by Crippen LogP contribution is -2.44. The summed E-state index contributed by atoms with van der Waals surface area (Å²) in [5, 5.41) is 7.01. The number of unbranched alkanes of at least 4 members (excludes halogenated alkanes) is 9. The Morgan fingerprint density at radius 2 is 1.38 bits per heavy atom. The van der Waals surface area contributed by atoms with Crippen molar-refractivity contribution in [2.24, 2.45) is 5.73 Å². The van der Waals surface area contributed by atoms with Gasteiger partial charge in [-0.05, 0) is 30.5 Å². The van der Waals surface area contributed by atoms with Crippen LogP contribution in [0.25, 0.3) is 0 Å². The van der Waals surface area contributed by atoms with E-state index < -0.39 is 0 Å². The van der Waals surface area contributed by atoms with Crippen molar-refractivity contribution >= 4 is 24.3 Å². The van der Waals surface area contributed by atoms with E-state index in [1.807, 2.05) is 24.3 Å². The molecule has 0 saturated carbocycles. The van der Waals surface area contributed by atoms with Crippen LogP contribution >= 0.6 is 12.4 Å². The predicted octanol–water partition coefficient (Wildman–Crippen LogP) is 4.70. The van der Waals surface area contributed by atoms with Crippen molar-refractivity contribution in [1.82, 2.24) is 10.9 Å². The highest BCUT2D eigenvalue weighted by Gasteiger charge is 2.04. The van der Waals surface area contributed by atoms with E-state index in [0.29, 0.717) is 5.56 Å². The van der Waals surface area contributed by atoms with E-state index in [0.717, 1.165) is 6.42 Å². The van der Waals surface area contributed by atoms with E-state index in [2.05, 4.69) is 17.8 Å². The number of hydrogen-bond donors (Lipinski definition) is 4. The Kier molecular flexibility index (Phi) is 14.5. The van der Waals surface area contributed by atoms with Crippen molar-refractivity contribution in [3.05, 3.63) is 35.4 Å². The molecule has 0 atom stereocenters. The molecular formula is C20H35ClN4O. The first-order chi connectivity index (χ1) is 12.1. The maximum absolute atomic E-state index is 11.8. The highest BCUT2D eigenvalue weighted by Crippen LogP contribution is 2.13. The summed E-state index contributed by atoms with van der Waals surface area (Å²) in [5.41, 5.74) is 11.6. The Hall–Kier alpha value is -1.75. The Bertz CT molecular complexity index is 505. The second-order valence-electron chi connectivity index (χ2n) is 6.62. The zero-order valence-electron chi connectivity index (χ0n) is 16.0. The van der Waals surface area contributed by atoms with Gasteiger partial charge >= 0.3 is 0 Å². The van der Waals surface area contributed by atoms with Crippen LogP contribution in [0.3, 0.4) is 0 Å². The number of amides is 1. The van der Waals surface area contributed by atoms with Crippen LogP contribution in [0.1, 0.15) is 87.1 Å². The van der Waals surface area contributed by atoms with Crippen LogP contribution in [0, 0.1) is 5.41 Å². The molecule has 0 saturated heterocycles. The van der Waals surface area contributed by atoms with Gasteiger partial charge in [-0.1, -0.05) is 76.8 Å². The predicted molar refractivity (Wildman–Crippen MR) is 112 cm³/mol. The minimum absolute atomic E-state index is 0. The van der Waals surface area contributed by atoms with Crippen molar-refractivity contribution in [2.75, 3.05) is 0 Å². The summed E-state index contributed by atoms with van der Waals surface area (Å²) in [4.78, 5) is 11.8. The van der Waals surface area contributed by atoms with E-state index >= 15 is 0 Å². The van der Waals surface area contributed by atoms with E-state index in [1.54, 1.807) is 0 Å². The molecule has 5 nitrogen and oxygen atoms in total. The number of carbonyl (C=O) groups excluding carboxylic acids is 1. The summed E-state index contributed by atoms with van der Waals surface area (Å²) in [6.45, 7) is 2.26. The maximum Gasteiger partial charge on any atom is 0.269 e. The van der Waals surface area contributed by atoms with Crippen molar-refractivity contribution in [3.8, 4) is 0 Å². The monoisotopic (exact) mass is 382 g/mol. The molecule has 1 aromatic carbocycles. The summed E-state index contributed by atoms with van der Waals surface area (Å²) < 4.78 is 0. The number of rotatable bonds is 12. The Morgan fingerprint density at radius 1 is 0.885 bits per heavy atom. The van der Waals surface area contributed by atoms with Gasteiger partial charge < -0.3 is 5.73 Å². The molecule has 0 heterocycles. The molecule has 26 heavy (non-hydrogen) atoms. The molecule has 0 aliphatic carbocycles. The molecule has 0 aromatic heterocycles. The standard InChI is InChI=1S/C20H34N4O.ClH/c1-2-3-4-5-6-7-8-9-10-11-12-17-13-15-18(16-14-17)19(25)23-24-20(21)22;/h13-16H,2-12H2,1H3,(H,23,25)(H4,21,22,24);1H. The Morgan fingerprint density at radius 3 is 1.88 bits per heavy atom. The van der Waals surface area contributed by atoms with Crippen LogP contribution in [-0.4, -0.2) is 11.9 Å². The molecule has 1 rings (SSSR count). The lowest BCUT2D eigenvalue weighted by atomic mass is 10.0. The molecule has 6 heteroatoms. The van der Waals surface area contributed by atoms with Gasteiger partial charge in [-0.15, -0.1) is 12.4 Å². The first-order valence-corrected chi connectivity index (χ1v) is 9.62. The average molecular weight is 383 g/mol. The van der Waals surface area contributed by atoms with Gasteiger partial charge in [0, 0.05) is 5.56 Å². The highest BCUT2D eigenvalue weighted by atomic mass is 35.5. The summed E-state index contributed by atoms with van der Waals surface area (Å²) >= 11 is 0. The number of guanidine groups is 1. The van der Waals surface area contributed by atoms with Gasteiger partial charge in [0.25, 0.3) is 5.91 Å². The molecule has 5 N–H and O–H groups in total. The molecule has 0 aliphatic heterocycles. The quantitative estimate of drug-likeness (QED) is 0.183. The van der Waals surface area contributed by atoms with Crippen molar-refractivity contribution in [1.29, 1.82) is 5.41 Å². The first-order valence-electron chi connectivity index (χ1n) is 9.62. The van der Waals surface area contributed by atoms with Gasteiger partial charge in [0.15, 0.2) is 0 Å². The molecule has 0 unspecified atom stereocenters. The SMILES string of the molecule is CCCCCCCCCCCCc1ccc(C(=O)NNC(=N)N)cc1.Cl. The molecule has 148 valence electrons. The van der Waals surface area contributed by atoms with E-state index in [1.165, 1.54) is 69.8 Å². The Balaban J connectivity index is 0.00000625. The largest absolute Gasteiger partial charge is 0.369 e. The van der Waals surface area contributed by atoms with Gasteiger partial charge in [-0.2, -0.15) is 0 Å². The third-order valence-electron chi connectivity index (χ3n) is 4.35. The fraction of sp³-hybridized carbons (Fsp3) is 0.600. The zero-order chi connectivity index (χ0) is 18.3. The minimum atomic E-state index is -0.291. The number of hydrazine groups is 1. The second-order valence-corrected chi connectivity index (χ2v) is 6.62. The molecule has 0 fully saturated rings. The topological polar surface area (TPSA) is 91.0 Å². The number of nitrogens with one attached hydrogen (secondary N) is 3. The number of aryl methyl sites for hydroxylation is 1. The molecule has 0 aliphatic rings. The lowest BCUT2D eigenvalue weighted by molar-refractivity contribution is 0.0943. The van der Waals surface area contributed by atoms with Crippen molar-refractivity contribution in [2.45, 2.75) is 77.6 Å². The van der Waals surface area contributed by atoms with Gasteiger partial charge in [0.2, 0.25) is 5.96 Å². The lowest BCUT2D eigenvalue weighted by Gasteiger charge is -2.07. The fourth-order valence-electron chi connectivity index (χ4n) is 2.84. The van der Waals surface area contributed by atoms with Crippen LogP contribution < -0.4 is 16.6 Å². The molecule has 0 radical (unpaired) electrons. The van der Waals surface area contributed by atoms with E-state index in [4.69, 9.17) is 11.1 Å². The summed E-state index contributed by atoms with van der Waals surface area (Å²) in [5.74, 6) is -0.577. The molecule has 0 spiro atoms. The van der Waals surface area contributed by atoms with Crippen molar-refractivity contribution < 1.29 is 4.79 Å². The summed E-state index contributed by atoms with van der Waals surface area (Å²) in [6.07, 6.45) is 14.5. The van der Waals surface area contributed by atoms with Crippen LogP contribution in [0.2, 0.25) is 0 Å². The number of hydrogen-bond acceptors (Lipinski definition) is 2. The third-order valence-corrected chi connectivity index (χ3v) is 4.35. The smallest absolute Gasteiger partial charge is 0.269 e. The minimum Gasteiger partial charge on any atom is -0.369 e. The van der Waals surface area contributed by atoms with Gasteiger partial charge in [0.05, 0.1) is 0 Å². The molecule has 1 amide bonds. The summed E-state index contributed by atoms with van der Waals surface area (Å²) in [7, 11) is 0. The molecule has 0 bridgehead atoms. The first kappa shape index (κ1) is 24.2. The maximum atomic E-state index is 11.8. The van der Waals surface area contributed by atoms with E-state index in [9.17, 15) is 4.79 Å². The van der Waals surface area contributed by atoms with Gasteiger partial charge in [0.1, 0.15) is 0 Å². The van der Waals surface area contributed by atoms with Crippen molar-refractivity contribution in [3.63, 3.8) is 0 Å². The summed E-state index contributed by atoms with van der Waals surface area (Å²) in [6, 6.07) is 7.61. The van der Waals surface area contributed by atoms with Crippen LogP contribution in [0.5, 0.6) is 0 Å². The number of halogens is 1. The molecule has 1 aromatic rings. The number of benzene rings is 1. The van der Waals surface area contributed by atoms with Crippen LogP contribution in [0.15, 0.2) is 24.3 Å². The second kappa shape index (κ2) is 15.5. The van der Waals surface area contributed by atoms with Gasteiger partial charge in [-0.25, -0.2) is 0 Å².